The van der Waals surface area contributed by atoms with Crippen LogP contribution < -0.4 is 4.84 Å². The van der Waals surface area contributed by atoms with Gasteiger partial charge >= 0.3 is 11.9 Å². The molecule has 0 unspecified atom stereocenters. The van der Waals surface area contributed by atoms with Gasteiger partial charge in [-0.2, -0.15) is 0 Å². The summed E-state index contributed by atoms with van der Waals surface area (Å²) in [5, 5.41) is 18.5. The van der Waals surface area contributed by atoms with Crippen LogP contribution in [-0.4, -0.2) is 46.7 Å². The summed E-state index contributed by atoms with van der Waals surface area (Å²) in [6, 6.07) is 2.30. The third-order valence-electron chi connectivity index (χ3n) is 2.39. The van der Waals surface area contributed by atoms with E-state index in [0.717, 1.165) is 18.6 Å². The third kappa shape index (κ3) is 6.17. The fraction of sp³-hybridized carbons (Fsp3) is 0.538. The molecule has 0 saturated carbocycles. The molecule has 21 heavy (non-hydrogen) atoms. The molecular formula is C13H19NO7. The predicted octanol–water partition coefficient (Wildman–Crippen LogP) is 0.460. The van der Waals surface area contributed by atoms with Gasteiger partial charge in [0.05, 0.1) is 6.61 Å². The zero-order chi connectivity index (χ0) is 15.8. The van der Waals surface area contributed by atoms with Crippen molar-refractivity contribution in [3.05, 3.63) is 12.1 Å². The molecule has 0 aliphatic rings. The second kappa shape index (κ2) is 8.15. The van der Waals surface area contributed by atoms with Crippen LogP contribution in [0.5, 0.6) is 11.8 Å². The van der Waals surface area contributed by atoms with E-state index in [4.69, 9.17) is 9.47 Å². The topological polar surface area (TPSA) is 107 Å². The molecule has 1 aromatic heterocycles. The van der Waals surface area contributed by atoms with E-state index in [1.807, 2.05) is 13.8 Å². The SMILES string of the molecule is CC(C)CCOC(=O)COCC(=O)On1c(O)ccc1O. The average molecular weight is 301 g/mol. The second-order valence-electron chi connectivity index (χ2n) is 4.70. The fourth-order valence-electron chi connectivity index (χ4n) is 1.29. The first kappa shape index (κ1) is 16.8. The van der Waals surface area contributed by atoms with Gasteiger partial charge in [0.1, 0.15) is 13.2 Å². The molecule has 0 bridgehead atoms. The Bertz CT molecular complexity index is 461. The minimum atomic E-state index is -0.883. The lowest BCUT2D eigenvalue weighted by atomic mass is 10.1. The molecule has 8 nitrogen and oxygen atoms in total. The largest absolute Gasteiger partial charge is 0.492 e. The smallest absolute Gasteiger partial charge is 0.358 e. The summed E-state index contributed by atoms with van der Waals surface area (Å²) in [5.41, 5.74) is 0. The number of carbonyl (C=O) groups excluding carboxylic acids is 2. The lowest BCUT2D eigenvalue weighted by Crippen LogP contribution is -2.25. The molecule has 0 atom stereocenters. The van der Waals surface area contributed by atoms with E-state index in [2.05, 4.69) is 4.84 Å². The van der Waals surface area contributed by atoms with Gasteiger partial charge in [0.2, 0.25) is 11.8 Å². The van der Waals surface area contributed by atoms with Crippen LogP contribution in [0.1, 0.15) is 20.3 Å². The van der Waals surface area contributed by atoms with E-state index in [1.165, 1.54) is 0 Å². The summed E-state index contributed by atoms with van der Waals surface area (Å²) in [7, 11) is 0. The Morgan fingerprint density at radius 3 is 2.29 bits per heavy atom. The van der Waals surface area contributed by atoms with Gasteiger partial charge in [-0.05, 0) is 12.3 Å². The van der Waals surface area contributed by atoms with Gasteiger partial charge in [-0.3, -0.25) is 0 Å². The quantitative estimate of drug-likeness (QED) is 0.672. The molecule has 0 saturated heterocycles. The van der Waals surface area contributed by atoms with Gasteiger partial charge in [0.25, 0.3) is 0 Å². The first-order valence-corrected chi connectivity index (χ1v) is 6.44. The number of nitrogens with zero attached hydrogens (tertiary/aromatic N) is 1. The lowest BCUT2D eigenvalue weighted by Gasteiger charge is -2.08. The number of aromatic nitrogens is 1. The zero-order valence-electron chi connectivity index (χ0n) is 11.9. The van der Waals surface area contributed by atoms with Crippen molar-refractivity contribution in [1.82, 2.24) is 4.73 Å². The highest BCUT2D eigenvalue weighted by Crippen LogP contribution is 2.18. The Kier molecular flexibility index (Phi) is 6.54. The monoisotopic (exact) mass is 301 g/mol. The first-order valence-electron chi connectivity index (χ1n) is 6.44. The summed E-state index contributed by atoms with van der Waals surface area (Å²) in [5.74, 6) is -1.90. The van der Waals surface area contributed by atoms with Crippen molar-refractivity contribution in [3.8, 4) is 11.8 Å². The zero-order valence-corrected chi connectivity index (χ0v) is 11.9. The summed E-state index contributed by atoms with van der Waals surface area (Å²) >= 11 is 0. The van der Waals surface area contributed by atoms with Crippen LogP contribution in [0.15, 0.2) is 12.1 Å². The highest BCUT2D eigenvalue weighted by molar-refractivity contribution is 5.73. The molecule has 0 spiro atoms. The van der Waals surface area contributed by atoms with E-state index in [9.17, 15) is 19.8 Å². The normalized spacial score (nSPS) is 10.6. The maximum Gasteiger partial charge on any atom is 0.358 e. The van der Waals surface area contributed by atoms with Gasteiger partial charge in [-0.25, -0.2) is 9.59 Å². The van der Waals surface area contributed by atoms with Gasteiger partial charge in [-0.1, -0.05) is 13.8 Å². The van der Waals surface area contributed by atoms with Crippen molar-refractivity contribution < 1.29 is 34.1 Å². The predicted molar refractivity (Wildman–Crippen MR) is 70.6 cm³/mol. The van der Waals surface area contributed by atoms with E-state index in [1.54, 1.807) is 0 Å². The first-order chi connectivity index (χ1) is 9.90. The Labute approximate surface area is 121 Å². The van der Waals surface area contributed by atoms with Crippen LogP contribution in [0, 0.1) is 5.92 Å². The van der Waals surface area contributed by atoms with Crippen LogP contribution in [0.2, 0.25) is 0 Å². The van der Waals surface area contributed by atoms with Gasteiger partial charge in [0.15, 0.2) is 0 Å². The maximum absolute atomic E-state index is 11.4. The van der Waals surface area contributed by atoms with Gasteiger partial charge in [-0.15, -0.1) is 4.73 Å². The molecule has 1 aromatic rings. The van der Waals surface area contributed by atoms with E-state index in [-0.39, 0.29) is 6.61 Å². The van der Waals surface area contributed by atoms with Gasteiger partial charge in [0, 0.05) is 12.1 Å². The summed E-state index contributed by atoms with van der Waals surface area (Å²) in [4.78, 5) is 27.2. The fourth-order valence-corrected chi connectivity index (χ4v) is 1.29. The molecule has 1 rings (SSSR count). The molecule has 8 heteroatoms. The average Bonchev–Trinajstić information content (AvgIpc) is 2.70. The molecule has 0 amide bonds. The van der Waals surface area contributed by atoms with Crippen molar-refractivity contribution in [2.75, 3.05) is 19.8 Å². The molecule has 0 radical (unpaired) electrons. The summed E-state index contributed by atoms with van der Waals surface area (Å²) in [6.07, 6.45) is 0.750. The highest BCUT2D eigenvalue weighted by atomic mass is 16.7. The van der Waals surface area contributed by atoms with Crippen LogP contribution in [0.25, 0.3) is 0 Å². The Hall–Kier alpha value is -2.22. The lowest BCUT2D eigenvalue weighted by molar-refractivity contribution is -0.156. The number of esters is 1. The van der Waals surface area contributed by atoms with E-state index in [0.29, 0.717) is 17.3 Å². The van der Waals surface area contributed by atoms with E-state index >= 15 is 0 Å². The van der Waals surface area contributed by atoms with Crippen LogP contribution in [0.3, 0.4) is 0 Å². The Morgan fingerprint density at radius 1 is 1.14 bits per heavy atom. The van der Waals surface area contributed by atoms with Crippen LogP contribution in [-0.2, 0) is 19.1 Å². The standard InChI is InChI=1S/C13H19NO7/c1-9(2)5-6-20-12(17)7-19-8-13(18)21-14-10(15)3-4-11(14)16/h3-4,9,15-16H,5-8H2,1-2H3. The van der Waals surface area contributed by atoms with Gasteiger partial charge < -0.3 is 24.5 Å². The van der Waals surface area contributed by atoms with Crippen LogP contribution in [0.4, 0.5) is 0 Å². The number of aromatic hydroxyl groups is 2. The third-order valence-corrected chi connectivity index (χ3v) is 2.39. The van der Waals surface area contributed by atoms with E-state index < -0.39 is 30.3 Å². The van der Waals surface area contributed by atoms with Crippen molar-refractivity contribution in [1.29, 1.82) is 0 Å². The van der Waals surface area contributed by atoms with Crippen molar-refractivity contribution in [2.45, 2.75) is 20.3 Å². The van der Waals surface area contributed by atoms with Crippen molar-refractivity contribution in [3.63, 3.8) is 0 Å². The van der Waals surface area contributed by atoms with Crippen LogP contribution >= 0.6 is 0 Å². The number of hydrogen-bond acceptors (Lipinski definition) is 7. The molecule has 0 fully saturated rings. The Balaban J connectivity index is 2.20. The molecule has 0 aliphatic carbocycles. The second-order valence-corrected chi connectivity index (χ2v) is 4.70. The summed E-state index contributed by atoms with van der Waals surface area (Å²) < 4.78 is 10.2. The minimum Gasteiger partial charge on any atom is -0.492 e. The molecule has 2 N–H and O–H groups in total. The number of carbonyl (C=O) groups is 2. The molecule has 0 aromatic carbocycles. The summed E-state index contributed by atoms with van der Waals surface area (Å²) in [6.45, 7) is 3.42. The maximum atomic E-state index is 11.4. The molecule has 118 valence electrons. The molecular weight excluding hydrogens is 282 g/mol. The molecule has 0 aliphatic heterocycles. The minimum absolute atomic E-state index is 0.301. The van der Waals surface area contributed by atoms with Crippen molar-refractivity contribution >= 4 is 11.9 Å². The number of ether oxygens (including phenoxy) is 2. The van der Waals surface area contributed by atoms with Crippen molar-refractivity contribution in [2.24, 2.45) is 5.92 Å². The highest BCUT2D eigenvalue weighted by Gasteiger charge is 2.13. The number of rotatable bonds is 8. The number of hydrogen-bond donors (Lipinski definition) is 2. The Morgan fingerprint density at radius 2 is 1.71 bits per heavy atom. The molecule has 1 heterocycles.